The van der Waals surface area contributed by atoms with Crippen LogP contribution in [0.25, 0.3) is 0 Å². The second kappa shape index (κ2) is 8.84. The number of benzene rings is 1. The molecule has 172 valence electrons. The lowest BCUT2D eigenvalue weighted by Gasteiger charge is -2.21. The molecule has 9 heteroatoms. The minimum atomic E-state index is -3.34. The van der Waals surface area contributed by atoms with Crippen LogP contribution < -0.4 is 5.32 Å². The van der Waals surface area contributed by atoms with Gasteiger partial charge in [0.05, 0.1) is 33.6 Å². The van der Waals surface area contributed by atoms with Crippen LogP contribution in [0.5, 0.6) is 0 Å². The van der Waals surface area contributed by atoms with E-state index >= 15 is 0 Å². The molecule has 0 radical (unpaired) electrons. The maximum atomic E-state index is 13.8. The number of carbonyl (C=O) groups excluding carboxylic acids is 1. The van der Waals surface area contributed by atoms with Gasteiger partial charge in [0.25, 0.3) is 0 Å². The van der Waals surface area contributed by atoms with Crippen molar-refractivity contribution in [2.45, 2.75) is 74.4 Å². The van der Waals surface area contributed by atoms with Crippen LogP contribution in [0.4, 0.5) is 14.6 Å². The number of aromatic nitrogens is 2. The average molecular weight is 464 g/mol. The molecule has 0 spiro atoms. The van der Waals surface area contributed by atoms with Gasteiger partial charge in [-0.2, -0.15) is 0 Å². The summed E-state index contributed by atoms with van der Waals surface area (Å²) in [5.74, 6) is -1.01. The Morgan fingerprint density at radius 1 is 1.12 bits per heavy atom. The van der Waals surface area contributed by atoms with Crippen molar-refractivity contribution in [1.29, 1.82) is 0 Å². The Bertz CT molecular complexity index is 1090. The number of nitrogens with one attached hydrogen (secondary N) is 1. The Balaban J connectivity index is 1.59. The smallest absolute Gasteiger partial charge is 0.233 e. The van der Waals surface area contributed by atoms with E-state index in [1.165, 1.54) is 12.1 Å². The van der Waals surface area contributed by atoms with Gasteiger partial charge in [0.2, 0.25) is 5.91 Å². The number of sulfone groups is 1. The number of hydrogen-bond acceptors (Lipinski definition) is 5. The van der Waals surface area contributed by atoms with Crippen LogP contribution >= 0.6 is 0 Å². The summed E-state index contributed by atoms with van der Waals surface area (Å²) in [6.07, 6.45) is 0.267. The summed E-state index contributed by atoms with van der Waals surface area (Å²) in [5.41, 5.74) is 1.89. The summed E-state index contributed by atoms with van der Waals surface area (Å²) in [6, 6.07) is 6.29. The summed E-state index contributed by atoms with van der Waals surface area (Å²) in [7, 11) is -3.34. The van der Waals surface area contributed by atoms with E-state index < -0.39 is 28.1 Å². The molecule has 2 aromatic rings. The number of hydrogen-bond donors (Lipinski definition) is 1. The largest absolute Gasteiger partial charge is 0.309 e. The van der Waals surface area contributed by atoms with Gasteiger partial charge in [0.15, 0.2) is 15.7 Å². The van der Waals surface area contributed by atoms with E-state index in [0.29, 0.717) is 29.9 Å². The van der Waals surface area contributed by atoms with Gasteiger partial charge in [-0.05, 0) is 69.6 Å². The standard InChI is InChI=1S/C23H27F2N3O3S/c1-13-12-26-22(14(2)27-13)28-23(29)19(9-15-10-20(24)21(25)11-15)16-3-5-17(6-4-16)32(30,31)18-7-8-18/h3-6,12,15,18-21H,7-11H2,1-2H3,(H,26,28,29)/t15-,19-,20+,21-/m1/s1. The highest BCUT2D eigenvalue weighted by atomic mass is 32.2. The van der Waals surface area contributed by atoms with Crippen molar-refractivity contribution in [2.24, 2.45) is 5.92 Å². The number of halogens is 2. The van der Waals surface area contributed by atoms with E-state index in [4.69, 9.17) is 0 Å². The van der Waals surface area contributed by atoms with Gasteiger partial charge in [-0.1, -0.05) is 12.1 Å². The summed E-state index contributed by atoms with van der Waals surface area (Å²) < 4.78 is 52.5. The summed E-state index contributed by atoms with van der Waals surface area (Å²) in [5, 5.41) is 2.46. The molecule has 1 amide bonds. The number of amides is 1. The van der Waals surface area contributed by atoms with Gasteiger partial charge in [-0.15, -0.1) is 0 Å². The molecule has 2 saturated carbocycles. The Morgan fingerprint density at radius 2 is 1.75 bits per heavy atom. The number of rotatable bonds is 7. The van der Waals surface area contributed by atoms with Crippen LogP contribution in [0, 0.1) is 19.8 Å². The van der Waals surface area contributed by atoms with Crippen molar-refractivity contribution in [3.8, 4) is 0 Å². The normalized spacial score (nSPS) is 24.3. The molecule has 0 aliphatic heterocycles. The first kappa shape index (κ1) is 22.8. The fourth-order valence-electron chi connectivity index (χ4n) is 4.33. The van der Waals surface area contributed by atoms with E-state index in [-0.39, 0.29) is 41.2 Å². The number of aryl methyl sites for hydroxylation is 2. The summed E-state index contributed by atoms with van der Waals surface area (Å²) in [4.78, 5) is 22.0. The minimum absolute atomic E-state index is 0.0719. The molecule has 1 heterocycles. The first-order chi connectivity index (χ1) is 15.1. The molecule has 1 aromatic carbocycles. The quantitative estimate of drug-likeness (QED) is 0.664. The molecular weight excluding hydrogens is 436 g/mol. The Hall–Kier alpha value is -2.42. The van der Waals surface area contributed by atoms with E-state index in [1.54, 1.807) is 32.2 Å². The van der Waals surface area contributed by atoms with Gasteiger partial charge < -0.3 is 5.32 Å². The molecule has 6 nitrogen and oxygen atoms in total. The van der Waals surface area contributed by atoms with Crippen LogP contribution in [0.2, 0.25) is 0 Å². The number of anilines is 1. The lowest BCUT2D eigenvalue weighted by Crippen LogP contribution is -2.24. The average Bonchev–Trinajstić information content (AvgIpc) is 3.55. The molecule has 0 saturated heterocycles. The first-order valence-electron chi connectivity index (χ1n) is 10.9. The number of nitrogens with zero attached hydrogens (tertiary/aromatic N) is 2. The van der Waals surface area contributed by atoms with Gasteiger partial charge in [-0.3, -0.25) is 9.78 Å². The second-order valence-corrected chi connectivity index (χ2v) is 11.1. The zero-order valence-electron chi connectivity index (χ0n) is 18.1. The van der Waals surface area contributed by atoms with Gasteiger partial charge in [0, 0.05) is 0 Å². The summed E-state index contributed by atoms with van der Waals surface area (Å²) >= 11 is 0. The lowest BCUT2D eigenvalue weighted by molar-refractivity contribution is -0.118. The van der Waals surface area contributed by atoms with Crippen LogP contribution in [0.15, 0.2) is 35.4 Å². The maximum absolute atomic E-state index is 13.8. The highest BCUT2D eigenvalue weighted by Gasteiger charge is 2.38. The van der Waals surface area contributed by atoms with Gasteiger partial charge >= 0.3 is 0 Å². The fourth-order valence-corrected chi connectivity index (χ4v) is 5.99. The fraction of sp³-hybridized carbons (Fsp3) is 0.522. The zero-order chi connectivity index (χ0) is 23.0. The van der Waals surface area contributed by atoms with Crippen molar-refractivity contribution in [1.82, 2.24) is 9.97 Å². The topological polar surface area (TPSA) is 89.0 Å². The van der Waals surface area contributed by atoms with Crippen LogP contribution in [-0.4, -0.2) is 41.9 Å². The first-order valence-corrected chi connectivity index (χ1v) is 12.4. The van der Waals surface area contributed by atoms with Crippen molar-refractivity contribution in [2.75, 3.05) is 5.32 Å². The minimum Gasteiger partial charge on any atom is -0.309 e. The predicted octanol–water partition coefficient (Wildman–Crippen LogP) is 4.23. The second-order valence-electron chi connectivity index (χ2n) is 8.91. The van der Waals surface area contributed by atoms with Gasteiger partial charge in [-0.25, -0.2) is 22.2 Å². The number of alkyl halides is 2. The molecule has 1 aromatic heterocycles. The zero-order valence-corrected chi connectivity index (χ0v) is 18.9. The molecule has 0 unspecified atom stereocenters. The Labute approximate surface area is 186 Å². The Kier molecular flexibility index (Phi) is 6.29. The Morgan fingerprint density at radius 3 is 2.31 bits per heavy atom. The van der Waals surface area contributed by atoms with Crippen molar-refractivity contribution < 1.29 is 22.0 Å². The third kappa shape index (κ3) is 4.82. The molecule has 0 bridgehead atoms. The molecule has 32 heavy (non-hydrogen) atoms. The number of carbonyl (C=O) groups is 1. The lowest BCUT2D eigenvalue weighted by atomic mass is 9.87. The van der Waals surface area contributed by atoms with Crippen molar-refractivity contribution in [3.05, 3.63) is 47.4 Å². The third-order valence-electron chi connectivity index (χ3n) is 6.28. The van der Waals surface area contributed by atoms with E-state index in [2.05, 4.69) is 15.3 Å². The van der Waals surface area contributed by atoms with E-state index in [0.717, 1.165) is 5.69 Å². The SMILES string of the molecule is Cc1cnc(NC(=O)[C@H](C[C@H]2C[C@@H](F)[C@@H](F)C2)c2ccc(S(=O)(=O)C3CC3)cc2)c(C)n1. The molecule has 4 atom stereocenters. The third-order valence-corrected chi connectivity index (χ3v) is 8.56. The van der Waals surface area contributed by atoms with Crippen molar-refractivity contribution >= 4 is 21.6 Å². The summed E-state index contributed by atoms with van der Waals surface area (Å²) in [6.45, 7) is 3.53. The highest BCUT2D eigenvalue weighted by molar-refractivity contribution is 7.92. The van der Waals surface area contributed by atoms with E-state index in [9.17, 15) is 22.0 Å². The monoisotopic (exact) mass is 463 g/mol. The van der Waals surface area contributed by atoms with Gasteiger partial charge in [0.1, 0.15) is 12.3 Å². The van der Waals surface area contributed by atoms with E-state index in [1.807, 2.05) is 0 Å². The highest BCUT2D eigenvalue weighted by Crippen LogP contribution is 2.39. The van der Waals surface area contributed by atoms with Crippen LogP contribution in [0.1, 0.15) is 55.0 Å². The van der Waals surface area contributed by atoms with Crippen LogP contribution in [-0.2, 0) is 14.6 Å². The molecular formula is C23H27F2N3O3S. The molecule has 2 aliphatic carbocycles. The molecule has 4 rings (SSSR count). The molecule has 1 N–H and O–H groups in total. The molecule has 2 aliphatic rings. The molecule has 2 fully saturated rings. The maximum Gasteiger partial charge on any atom is 0.233 e. The van der Waals surface area contributed by atoms with Crippen LogP contribution in [0.3, 0.4) is 0 Å². The predicted molar refractivity (Wildman–Crippen MR) is 117 cm³/mol. The van der Waals surface area contributed by atoms with Crippen molar-refractivity contribution in [3.63, 3.8) is 0 Å².